The number of carbonyl (C=O) groups excluding carboxylic acids is 1. The molecule has 0 saturated heterocycles. The van der Waals surface area contributed by atoms with E-state index in [4.69, 9.17) is 0 Å². The first-order valence-electron chi connectivity index (χ1n) is 12.4. The van der Waals surface area contributed by atoms with Crippen LogP contribution < -0.4 is 0 Å². The topological polar surface area (TPSA) is 37.3 Å². The quantitative estimate of drug-likeness (QED) is 0.599. The second-order valence-electron chi connectivity index (χ2n) is 11.4. The summed E-state index contributed by atoms with van der Waals surface area (Å²) >= 11 is 0. The lowest BCUT2D eigenvalue weighted by Gasteiger charge is -2.60. The first-order valence-corrected chi connectivity index (χ1v) is 12.4. The largest absolute Gasteiger partial charge is 0.393 e. The number of hydrogen-bond acceptors (Lipinski definition) is 2. The number of fused-ring (bicyclic) bond motifs is 5. The van der Waals surface area contributed by atoms with Gasteiger partial charge in [0.15, 0.2) is 5.78 Å². The molecular formula is C28H38O2. The van der Waals surface area contributed by atoms with Crippen molar-refractivity contribution in [3.63, 3.8) is 0 Å². The van der Waals surface area contributed by atoms with Crippen molar-refractivity contribution in [3.05, 3.63) is 42.0 Å². The summed E-state index contributed by atoms with van der Waals surface area (Å²) in [4.78, 5) is 13.3. The molecule has 0 bridgehead atoms. The lowest BCUT2D eigenvalue weighted by molar-refractivity contribution is -0.136. The van der Waals surface area contributed by atoms with Gasteiger partial charge < -0.3 is 5.11 Å². The number of carbonyl (C=O) groups is 1. The molecular weight excluding hydrogens is 368 g/mol. The van der Waals surface area contributed by atoms with Gasteiger partial charge in [0, 0.05) is 5.92 Å². The minimum absolute atomic E-state index is 0.0710. The van der Waals surface area contributed by atoms with Crippen LogP contribution in [-0.2, 0) is 4.79 Å². The Labute approximate surface area is 182 Å². The molecule has 4 aliphatic rings. The van der Waals surface area contributed by atoms with Crippen molar-refractivity contribution in [2.75, 3.05) is 0 Å². The van der Waals surface area contributed by atoms with Gasteiger partial charge in [0.05, 0.1) is 6.10 Å². The Balaban J connectivity index is 1.34. The van der Waals surface area contributed by atoms with E-state index in [1.807, 2.05) is 30.4 Å². The van der Waals surface area contributed by atoms with Crippen LogP contribution in [0.2, 0.25) is 0 Å². The number of ketones is 1. The highest BCUT2D eigenvalue weighted by Gasteiger charge is 2.60. The zero-order valence-electron chi connectivity index (χ0n) is 18.7. The van der Waals surface area contributed by atoms with Gasteiger partial charge in [-0.2, -0.15) is 0 Å². The van der Waals surface area contributed by atoms with Crippen LogP contribution in [0.3, 0.4) is 0 Å². The highest BCUT2D eigenvalue weighted by molar-refractivity contribution is 5.96. The van der Waals surface area contributed by atoms with Gasteiger partial charge in [0.2, 0.25) is 0 Å². The number of hydrogen-bond donors (Lipinski definition) is 1. The van der Waals surface area contributed by atoms with Crippen molar-refractivity contribution in [3.8, 4) is 0 Å². The molecule has 30 heavy (non-hydrogen) atoms. The maximum atomic E-state index is 13.3. The van der Waals surface area contributed by atoms with Gasteiger partial charge in [-0.25, -0.2) is 0 Å². The van der Waals surface area contributed by atoms with Gasteiger partial charge in [0.25, 0.3) is 0 Å². The van der Waals surface area contributed by atoms with Crippen LogP contribution in [0.5, 0.6) is 0 Å². The summed E-state index contributed by atoms with van der Waals surface area (Å²) < 4.78 is 0. The molecule has 0 unspecified atom stereocenters. The van der Waals surface area contributed by atoms with Crippen molar-refractivity contribution < 1.29 is 9.90 Å². The van der Waals surface area contributed by atoms with Crippen LogP contribution >= 0.6 is 0 Å². The van der Waals surface area contributed by atoms with Crippen molar-refractivity contribution in [1.29, 1.82) is 0 Å². The summed E-state index contributed by atoms with van der Waals surface area (Å²) in [7, 11) is 0. The Morgan fingerprint density at radius 1 is 0.933 bits per heavy atom. The van der Waals surface area contributed by atoms with E-state index in [0.717, 1.165) is 36.7 Å². The maximum Gasteiger partial charge on any atom is 0.159 e. The van der Waals surface area contributed by atoms with E-state index in [9.17, 15) is 9.90 Å². The molecule has 5 rings (SSSR count). The summed E-state index contributed by atoms with van der Waals surface area (Å²) in [6.45, 7) is 4.99. The van der Waals surface area contributed by atoms with Crippen LogP contribution in [0.25, 0.3) is 6.08 Å². The zero-order chi connectivity index (χ0) is 20.9. The van der Waals surface area contributed by atoms with Crippen LogP contribution in [0.15, 0.2) is 36.4 Å². The number of aliphatic hydroxyl groups is 1. The molecule has 0 amide bonds. The maximum absolute atomic E-state index is 13.3. The molecule has 8 atom stereocenters. The highest BCUT2D eigenvalue weighted by Crippen LogP contribution is 2.67. The van der Waals surface area contributed by atoms with E-state index >= 15 is 0 Å². The lowest BCUT2D eigenvalue weighted by Crippen LogP contribution is -2.54. The Hall–Kier alpha value is -1.41. The fourth-order valence-corrected chi connectivity index (χ4v) is 8.56. The zero-order valence-corrected chi connectivity index (χ0v) is 18.7. The van der Waals surface area contributed by atoms with Crippen LogP contribution in [0, 0.1) is 40.4 Å². The van der Waals surface area contributed by atoms with Crippen molar-refractivity contribution in [2.24, 2.45) is 40.4 Å². The van der Waals surface area contributed by atoms with Gasteiger partial charge >= 0.3 is 0 Å². The monoisotopic (exact) mass is 406 g/mol. The van der Waals surface area contributed by atoms with E-state index in [-0.39, 0.29) is 17.4 Å². The highest BCUT2D eigenvalue weighted by atomic mass is 16.3. The van der Waals surface area contributed by atoms with Gasteiger partial charge in [-0.3, -0.25) is 4.79 Å². The second-order valence-corrected chi connectivity index (χ2v) is 11.4. The molecule has 162 valence electrons. The first kappa shape index (κ1) is 20.5. The van der Waals surface area contributed by atoms with Crippen LogP contribution in [0.4, 0.5) is 0 Å². The molecule has 4 saturated carbocycles. The Morgan fingerprint density at radius 2 is 1.67 bits per heavy atom. The van der Waals surface area contributed by atoms with E-state index in [2.05, 4.69) is 26.0 Å². The van der Waals surface area contributed by atoms with E-state index in [0.29, 0.717) is 23.0 Å². The molecule has 0 heterocycles. The minimum Gasteiger partial charge on any atom is -0.393 e. The number of rotatable bonds is 3. The molecule has 0 radical (unpaired) electrons. The van der Waals surface area contributed by atoms with E-state index < -0.39 is 0 Å². The molecule has 1 N–H and O–H groups in total. The average Bonchev–Trinajstić information content (AvgIpc) is 3.10. The first-order chi connectivity index (χ1) is 14.4. The van der Waals surface area contributed by atoms with E-state index in [1.165, 1.54) is 38.5 Å². The van der Waals surface area contributed by atoms with Crippen molar-refractivity contribution in [2.45, 2.75) is 77.7 Å². The Kier molecular flexibility index (Phi) is 5.21. The molecule has 0 spiro atoms. The molecule has 4 aliphatic carbocycles. The molecule has 1 aromatic carbocycles. The number of benzene rings is 1. The molecule has 4 fully saturated rings. The smallest absolute Gasteiger partial charge is 0.159 e. The van der Waals surface area contributed by atoms with Crippen molar-refractivity contribution >= 4 is 11.9 Å². The lowest BCUT2D eigenvalue weighted by atomic mass is 9.44. The molecule has 0 aliphatic heterocycles. The summed E-state index contributed by atoms with van der Waals surface area (Å²) in [5.41, 5.74) is 1.70. The fourth-order valence-electron chi connectivity index (χ4n) is 8.56. The summed E-state index contributed by atoms with van der Waals surface area (Å²) in [5.74, 6) is 3.55. The van der Waals surface area contributed by atoms with Crippen LogP contribution in [0.1, 0.15) is 77.2 Å². The predicted molar refractivity (Wildman–Crippen MR) is 122 cm³/mol. The second kappa shape index (κ2) is 7.62. The van der Waals surface area contributed by atoms with Gasteiger partial charge in [0.1, 0.15) is 0 Å². The number of aliphatic hydroxyl groups excluding tert-OH is 1. The summed E-state index contributed by atoms with van der Waals surface area (Å²) in [6.07, 6.45) is 14.4. The van der Waals surface area contributed by atoms with Gasteiger partial charge in [-0.1, -0.05) is 50.3 Å². The molecule has 0 aromatic heterocycles. The van der Waals surface area contributed by atoms with Crippen molar-refractivity contribution in [1.82, 2.24) is 0 Å². The minimum atomic E-state index is -0.0710. The third-order valence-corrected chi connectivity index (χ3v) is 10.2. The Bertz CT molecular complexity index is 813. The summed E-state index contributed by atoms with van der Waals surface area (Å²) in [5, 5.41) is 10.2. The predicted octanol–water partition coefficient (Wildman–Crippen LogP) is 6.29. The number of allylic oxidation sites excluding steroid dienone is 1. The molecule has 2 nitrogen and oxygen atoms in total. The normalized spacial score (nSPS) is 45.6. The van der Waals surface area contributed by atoms with Crippen LogP contribution in [-0.4, -0.2) is 17.0 Å². The van der Waals surface area contributed by atoms with Gasteiger partial charge in [-0.05, 0) is 104 Å². The third kappa shape index (κ3) is 3.22. The Morgan fingerprint density at radius 3 is 2.47 bits per heavy atom. The molecule has 2 heteroatoms. The molecule has 1 aromatic rings. The fraction of sp³-hybridized carbons (Fsp3) is 0.679. The van der Waals surface area contributed by atoms with E-state index in [1.54, 1.807) is 0 Å². The average molecular weight is 407 g/mol. The standard InChI is InChI=1S/C28H38O2/c1-27-16-14-21(29)18-20(27)9-10-22-23-11-12-25(28(23,2)17-15-24(22)27)26(30)13-8-19-6-4-3-5-7-19/h3-8,13,20-25,29H,9-12,14-18H2,1-2H3/b13-8+/t20-,21+,22+,23-,24+,25-,27-,28-/m0/s1. The third-order valence-electron chi connectivity index (χ3n) is 10.2. The summed E-state index contributed by atoms with van der Waals surface area (Å²) in [6, 6.07) is 10.2. The SMILES string of the molecule is C[C@]12CC[C@@H](O)C[C@@H]1CC[C@H]1[C@H]2CC[C@]2(C)[C@H](C(=O)/C=C/c3ccccc3)CC[C@@H]12. The van der Waals surface area contributed by atoms with Gasteiger partial charge in [-0.15, -0.1) is 0 Å².